The van der Waals surface area contributed by atoms with Crippen molar-refractivity contribution in [2.45, 2.75) is 0 Å². The van der Waals surface area contributed by atoms with Crippen molar-refractivity contribution in [1.29, 1.82) is 0 Å². The molecular formula is C12H9Cl3N2O. The number of halogens is 3. The van der Waals surface area contributed by atoms with Crippen LogP contribution in [0.25, 0.3) is 11.3 Å². The summed E-state index contributed by atoms with van der Waals surface area (Å²) in [4.78, 5) is 4.18. The van der Waals surface area contributed by atoms with Crippen molar-refractivity contribution in [3.05, 3.63) is 39.5 Å². The second-order valence-electron chi connectivity index (χ2n) is 3.53. The Balaban J connectivity index is 2.60. The predicted octanol–water partition coefficient (Wildman–Crippen LogP) is 4.30. The molecule has 1 heterocycles. The Hall–Kier alpha value is -1.16. The summed E-state index contributed by atoms with van der Waals surface area (Å²) in [6.07, 6.45) is 1.48. The Labute approximate surface area is 119 Å². The van der Waals surface area contributed by atoms with Gasteiger partial charge in [-0.1, -0.05) is 34.8 Å². The molecule has 0 aliphatic rings. The molecule has 2 rings (SSSR count). The minimum absolute atomic E-state index is 0.388. The quantitative estimate of drug-likeness (QED) is 0.900. The maximum atomic E-state index is 6.22. The normalized spacial score (nSPS) is 10.4. The summed E-state index contributed by atoms with van der Waals surface area (Å²) in [7, 11) is 1.50. The fraction of sp³-hybridized carbons (Fsp3) is 0.0833. The van der Waals surface area contributed by atoms with E-state index in [1.54, 1.807) is 18.2 Å². The average Bonchev–Trinajstić information content (AvgIpc) is 2.34. The lowest BCUT2D eigenvalue weighted by molar-refractivity contribution is 0.415. The number of hydrogen-bond donors (Lipinski definition) is 1. The summed E-state index contributed by atoms with van der Waals surface area (Å²) in [5.41, 5.74) is 7.46. The number of pyridine rings is 1. The highest BCUT2D eigenvalue weighted by molar-refractivity contribution is 6.39. The van der Waals surface area contributed by atoms with Gasteiger partial charge in [0.25, 0.3) is 0 Å². The smallest absolute Gasteiger partial charge is 0.156 e. The molecule has 6 heteroatoms. The molecule has 2 aromatic rings. The molecule has 0 saturated heterocycles. The van der Waals surface area contributed by atoms with E-state index in [-0.39, 0.29) is 0 Å². The Kier molecular flexibility index (Phi) is 3.85. The third-order valence-corrected chi connectivity index (χ3v) is 3.40. The molecule has 0 spiro atoms. The van der Waals surface area contributed by atoms with E-state index < -0.39 is 0 Å². The summed E-state index contributed by atoms with van der Waals surface area (Å²) in [6.45, 7) is 0. The maximum Gasteiger partial charge on any atom is 0.156 e. The number of methoxy groups -OCH3 is 1. The van der Waals surface area contributed by atoms with Crippen molar-refractivity contribution in [2.75, 3.05) is 12.8 Å². The number of nitrogens with zero attached hydrogens (tertiary/aromatic N) is 1. The molecule has 3 nitrogen and oxygen atoms in total. The van der Waals surface area contributed by atoms with Gasteiger partial charge in [0.2, 0.25) is 0 Å². The second kappa shape index (κ2) is 5.22. The minimum atomic E-state index is 0.388. The second-order valence-corrected chi connectivity index (χ2v) is 4.73. The summed E-state index contributed by atoms with van der Waals surface area (Å²) in [5, 5.41) is 1.23. The highest BCUT2D eigenvalue weighted by Gasteiger charge is 2.14. The molecule has 0 fully saturated rings. The first-order valence-corrected chi connectivity index (χ1v) is 6.11. The number of nitrogens with two attached hydrogens (primary N) is 1. The molecule has 0 radical (unpaired) electrons. The van der Waals surface area contributed by atoms with Crippen LogP contribution in [-0.2, 0) is 0 Å². The summed E-state index contributed by atoms with van der Waals surface area (Å²) in [5.74, 6) is 0.408. The first-order valence-electron chi connectivity index (χ1n) is 4.98. The van der Waals surface area contributed by atoms with Gasteiger partial charge in [0.15, 0.2) is 5.75 Å². The molecule has 94 valence electrons. The highest BCUT2D eigenvalue weighted by atomic mass is 35.5. The van der Waals surface area contributed by atoms with Crippen LogP contribution in [0.2, 0.25) is 15.1 Å². The zero-order valence-corrected chi connectivity index (χ0v) is 11.6. The Bertz CT molecular complexity index is 602. The third-order valence-electron chi connectivity index (χ3n) is 2.41. The van der Waals surface area contributed by atoms with E-state index in [0.717, 1.165) is 0 Å². The highest BCUT2D eigenvalue weighted by Crippen LogP contribution is 2.40. The number of nitrogen functional groups attached to an aromatic ring is 1. The van der Waals surface area contributed by atoms with E-state index in [1.165, 1.54) is 13.3 Å². The van der Waals surface area contributed by atoms with Crippen molar-refractivity contribution >= 4 is 40.5 Å². The molecule has 18 heavy (non-hydrogen) atoms. The van der Waals surface area contributed by atoms with Crippen molar-refractivity contribution in [1.82, 2.24) is 4.98 Å². The fourth-order valence-corrected chi connectivity index (χ4v) is 2.24. The monoisotopic (exact) mass is 302 g/mol. The number of benzene rings is 1. The third kappa shape index (κ3) is 2.34. The maximum absolute atomic E-state index is 6.22. The molecule has 0 amide bonds. The van der Waals surface area contributed by atoms with Crippen LogP contribution >= 0.6 is 34.8 Å². The van der Waals surface area contributed by atoms with Crippen molar-refractivity contribution in [3.8, 4) is 17.0 Å². The number of aromatic nitrogens is 1. The summed E-state index contributed by atoms with van der Waals surface area (Å²) >= 11 is 18.0. The van der Waals surface area contributed by atoms with Crippen molar-refractivity contribution in [2.24, 2.45) is 0 Å². The van der Waals surface area contributed by atoms with E-state index in [0.29, 0.717) is 37.8 Å². The van der Waals surface area contributed by atoms with Crippen LogP contribution in [0.5, 0.6) is 5.75 Å². The lowest BCUT2D eigenvalue weighted by Crippen LogP contribution is -1.93. The average molecular weight is 304 g/mol. The first-order chi connectivity index (χ1) is 8.54. The van der Waals surface area contributed by atoms with Crippen LogP contribution in [0.15, 0.2) is 24.4 Å². The van der Waals surface area contributed by atoms with Gasteiger partial charge in [0.1, 0.15) is 0 Å². The number of ether oxygens (including phenoxy) is 1. The topological polar surface area (TPSA) is 48.1 Å². The summed E-state index contributed by atoms with van der Waals surface area (Å²) < 4.78 is 5.14. The lowest BCUT2D eigenvalue weighted by atomic mass is 10.1. The van der Waals surface area contributed by atoms with Crippen LogP contribution in [0.3, 0.4) is 0 Å². The zero-order chi connectivity index (χ0) is 13.3. The van der Waals surface area contributed by atoms with Crippen LogP contribution in [0.1, 0.15) is 0 Å². The molecule has 0 bridgehead atoms. The number of hydrogen-bond acceptors (Lipinski definition) is 3. The van der Waals surface area contributed by atoms with Crippen LogP contribution in [0.4, 0.5) is 5.69 Å². The molecule has 1 aromatic heterocycles. The van der Waals surface area contributed by atoms with E-state index >= 15 is 0 Å². The standard InChI is InChI=1S/C12H9Cl3N2O/c1-18-12-7(13)3-2-6(11(12)15)10-4-9(16)8(14)5-17-10/h2-5H,1H3,(H2,16,17). The molecule has 0 saturated carbocycles. The molecular weight excluding hydrogens is 295 g/mol. The molecule has 2 N–H and O–H groups in total. The number of rotatable bonds is 2. The van der Waals surface area contributed by atoms with Crippen LogP contribution < -0.4 is 10.5 Å². The van der Waals surface area contributed by atoms with E-state index in [4.69, 9.17) is 45.3 Å². The zero-order valence-electron chi connectivity index (χ0n) is 9.38. The molecule has 0 aliphatic carbocycles. The van der Waals surface area contributed by atoms with Crippen molar-refractivity contribution < 1.29 is 4.74 Å². The van der Waals surface area contributed by atoms with E-state index in [1.807, 2.05) is 0 Å². The van der Waals surface area contributed by atoms with Gasteiger partial charge in [-0.25, -0.2) is 0 Å². The van der Waals surface area contributed by atoms with Gasteiger partial charge >= 0.3 is 0 Å². The van der Waals surface area contributed by atoms with Crippen LogP contribution in [0, 0.1) is 0 Å². The van der Waals surface area contributed by atoms with E-state index in [2.05, 4.69) is 4.98 Å². The predicted molar refractivity (Wildman–Crippen MR) is 75.7 cm³/mol. The Morgan fingerprint density at radius 2 is 1.89 bits per heavy atom. The van der Waals surface area contributed by atoms with Gasteiger partial charge in [-0.15, -0.1) is 0 Å². The van der Waals surface area contributed by atoms with Gasteiger partial charge in [-0.05, 0) is 18.2 Å². The SMILES string of the molecule is COc1c(Cl)ccc(-c2cc(N)c(Cl)cn2)c1Cl. The van der Waals surface area contributed by atoms with Crippen molar-refractivity contribution in [3.63, 3.8) is 0 Å². The first kappa shape index (κ1) is 13.3. The lowest BCUT2D eigenvalue weighted by Gasteiger charge is -2.10. The largest absolute Gasteiger partial charge is 0.494 e. The van der Waals surface area contributed by atoms with E-state index in [9.17, 15) is 0 Å². The fourth-order valence-electron chi connectivity index (χ4n) is 1.52. The van der Waals surface area contributed by atoms with Crippen LogP contribution in [-0.4, -0.2) is 12.1 Å². The van der Waals surface area contributed by atoms with Gasteiger partial charge in [-0.2, -0.15) is 0 Å². The summed E-state index contributed by atoms with van der Waals surface area (Å²) in [6, 6.07) is 5.09. The van der Waals surface area contributed by atoms with Gasteiger partial charge in [0.05, 0.1) is 33.6 Å². The Morgan fingerprint density at radius 1 is 1.17 bits per heavy atom. The number of anilines is 1. The van der Waals surface area contributed by atoms with Gasteiger partial charge in [0, 0.05) is 11.8 Å². The molecule has 0 atom stereocenters. The molecule has 0 unspecified atom stereocenters. The molecule has 1 aromatic carbocycles. The minimum Gasteiger partial charge on any atom is -0.494 e. The van der Waals surface area contributed by atoms with Gasteiger partial charge in [-0.3, -0.25) is 4.98 Å². The molecule has 0 aliphatic heterocycles. The van der Waals surface area contributed by atoms with Gasteiger partial charge < -0.3 is 10.5 Å². The Morgan fingerprint density at radius 3 is 2.50 bits per heavy atom.